The zero-order valence-corrected chi connectivity index (χ0v) is 12.6. The first kappa shape index (κ1) is 14.9. The average Bonchev–Trinajstić information content (AvgIpc) is 2.46. The Labute approximate surface area is 121 Å². The topological polar surface area (TPSA) is 47.3 Å². The predicted molar refractivity (Wildman–Crippen MR) is 81.6 cm³/mol. The van der Waals surface area contributed by atoms with E-state index in [2.05, 4.69) is 24.9 Å². The van der Waals surface area contributed by atoms with Gasteiger partial charge in [0.2, 0.25) is 0 Å². The summed E-state index contributed by atoms with van der Waals surface area (Å²) in [6.45, 7) is 4.09. The molecule has 0 heterocycles. The number of hydrogen-bond donors (Lipinski definition) is 1. The summed E-state index contributed by atoms with van der Waals surface area (Å²) >= 11 is 0. The van der Waals surface area contributed by atoms with E-state index in [4.69, 9.17) is 5.26 Å². The third kappa shape index (κ3) is 3.13. The molecule has 0 amide bonds. The Kier molecular flexibility index (Phi) is 4.67. The Morgan fingerprint density at radius 2 is 1.95 bits per heavy atom. The van der Waals surface area contributed by atoms with Crippen molar-refractivity contribution in [1.82, 2.24) is 0 Å². The maximum absolute atomic E-state index is 9.95. The van der Waals surface area contributed by atoms with Gasteiger partial charge in [-0.25, -0.2) is 0 Å². The van der Waals surface area contributed by atoms with E-state index in [0.29, 0.717) is 11.6 Å². The van der Waals surface area contributed by atoms with Crippen LogP contribution in [0, 0.1) is 17.2 Å². The number of anilines is 1. The summed E-state index contributed by atoms with van der Waals surface area (Å²) in [4.78, 5) is 2.26. The van der Waals surface area contributed by atoms with Crippen LogP contribution in [-0.4, -0.2) is 18.2 Å². The van der Waals surface area contributed by atoms with Crippen molar-refractivity contribution in [3.8, 4) is 6.07 Å². The zero-order chi connectivity index (χ0) is 14.7. The van der Waals surface area contributed by atoms with Crippen molar-refractivity contribution in [3.05, 3.63) is 29.3 Å². The Hall–Kier alpha value is -1.53. The SMILES string of the molecule is CC1CCC(N(C)c2cc(C#N)ccc2[C@@H](C)O)CC1. The van der Waals surface area contributed by atoms with Gasteiger partial charge in [-0.05, 0) is 50.7 Å². The molecule has 0 bridgehead atoms. The van der Waals surface area contributed by atoms with E-state index in [0.717, 1.165) is 17.2 Å². The summed E-state index contributed by atoms with van der Waals surface area (Å²) in [5, 5.41) is 19.0. The van der Waals surface area contributed by atoms with Gasteiger partial charge in [-0.15, -0.1) is 0 Å². The van der Waals surface area contributed by atoms with Crippen LogP contribution in [0.4, 0.5) is 5.69 Å². The van der Waals surface area contributed by atoms with Crippen molar-refractivity contribution in [2.24, 2.45) is 5.92 Å². The van der Waals surface area contributed by atoms with E-state index >= 15 is 0 Å². The lowest BCUT2D eigenvalue weighted by atomic mass is 9.86. The van der Waals surface area contributed by atoms with Gasteiger partial charge in [0.15, 0.2) is 0 Å². The molecule has 1 aliphatic carbocycles. The second-order valence-corrected chi connectivity index (χ2v) is 6.09. The Balaban J connectivity index is 2.27. The van der Waals surface area contributed by atoms with Crippen LogP contribution in [0.3, 0.4) is 0 Å². The molecule has 0 radical (unpaired) electrons. The van der Waals surface area contributed by atoms with E-state index in [1.54, 1.807) is 13.0 Å². The quantitative estimate of drug-likeness (QED) is 0.914. The number of nitrogens with zero attached hydrogens (tertiary/aromatic N) is 2. The van der Waals surface area contributed by atoms with Crippen molar-refractivity contribution >= 4 is 5.69 Å². The molecular weight excluding hydrogens is 248 g/mol. The highest BCUT2D eigenvalue weighted by atomic mass is 16.3. The molecule has 1 atom stereocenters. The first-order valence-corrected chi connectivity index (χ1v) is 7.48. The van der Waals surface area contributed by atoms with Gasteiger partial charge >= 0.3 is 0 Å². The van der Waals surface area contributed by atoms with Crippen molar-refractivity contribution in [2.45, 2.75) is 51.7 Å². The molecule has 1 aromatic rings. The predicted octanol–water partition coefficient (Wildman–Crippen LogP) is 3.63. The van der Waals surface area contributed by atoms with E-state index < -0.39 is 6.10 Å². The molecule has 0 aromatic heterocycles. The van der Waals surface area contributed by atoms with Crippen LogP contribution in [0.15, 0.2) is 18.2 Å². The zero-order valence-electron chi connectivity index (χ0n) is 12.6. The van der Waals surface area contributed by atoms with Crippen molar-refractivity contribution < 1.29 is 5.11 Å². The van der Waals surface area contributed by atoms with Gasteiger partial charge in [0, 0.05) is 24.3 Å². The highest BCUT2D eigenvalue weighted by Crippen LogP contribution is 2.33. The Morgan fingerprint density at radius 1 is 1.30 bits per heavy atom. The van der Waals surface area contributed by atoms with Gasteiger partial charge in [-0.1, -0.05) is 13.0 Å². The Morgan fingerprint density at radius 3 is 2.50 bits per heavy atom. The number of aliphatic hydroxyl groups excluding tert-OH is 1. The number of hydrogen-bond acceptors (Lipinski definition) is 3. The summed E-state index contributed by atoms with van der Waals surface area (Å²) in [5.74, 6) is 0.821. The fourth-order valence-electron chi connectivity index (χ4n) is 3.10. The number of aliphatic hydroxyl groups is 1. The average molecular weight is 272 g/mol. The van der Waals surface area contributed by atoms with Crippen LogP contribution in [0.5, 0.6) is 0 Å². The third-order valence-electron chi connectivity index (χ3n) is 4.52. The minimum Gasteiger partial charge on any atom is -0.389 e. The lowest BCUT2D eigenvalue weighted by molar-refractivity contribution is 0.199. The minimum atomic E-state index is -0.511. The lowest BCUT2D eigenvalue weighted by Gasteiger charge is -2.36. The van der Waals surface area contributed by atoms with Crippen molar-refractivity contribution in [3.63, 3.8) is 0 Å². The summed E-state index contributed by atoms with van der Waals surface area (Å²) in [6, 6.07) is 8.26. The van der Waals surface area contributed by atoms with Crippen molar-refractivity contribution in [1.29, 1.82) is 5.26 Å². The van der Waals surface area contributed by atoms with Crippen LogP contribution in [0.1, 0.15) is 56.8 Å². The maximum Gasteiger partial charge on any atom is 0.0992 e. The second kappa shape index (κ2) is 6.28. The minimum absolute atomic E-state index is 0.511. The molecule has 3 heteroatoms. The molecule has 0 spiro atoms. The van der Waals surface area contributed by atoms with E-state index in [9.17, 15) is 5.11 Å². The first-order chi connectivity index (χ1) is 9.52. The van der Waals surface area contributed by atoms with Gasteiger partial charge in [-0.2, -0.15) is 5.26 Å². The molecule has 108 valence electrons. The van der Waals surface area contributed by atoms with Crippen LogP contribution < -0.4 is 4.90 Å². The second-order valence-electron chi connectivity index (χ2n) is 6.09. The molecular formula is C17H24N2O. The molecule has 0 unspecified atom stereocenters. The molecule has 1 fully saturated rings. The molecule has 20 heavy (non-hydrogen) atoms. The van der Waals surface area contributed by atoms with Gasteiger partial charge < -0.3 is 10.0 Å². The Bertz CT molecular complexity index is 496. The molecule has 0 saturated heterocycles. The number of rotatable bonds is 3. The van der Waals surface area contributed by atoms with Gasteiger partial charge in [0.1, 0.15) is 0 Å². The monoisotopic (exact) mass is 272 g/mol. The normalized spacial score (nSPS) is 23.9. The molecule has 1 N–H and O–H groups in total. The standard InChI is InChI=1S/C17H24N2O/c1-12-4-7-15(8-5-12)19(3)17-10-14(11-18)6-9-16(17)13(2)20/h6,9-10,12-13,15,20H,4-5,7-8H2,1-3H3/t12?,13-,15?/m1/s1. The summed E-state index contributed by atoms with van der Waals surface area (Å²) in [6.07, 6.45) is 4.39. The maximum atomic E-state index is 9.95. The molecule has 2 rings (SSSR count). The van der Waals surface area contributed by atoms with E-state index in [1.807, 2.05) is 12.1 Å². The molecule has 0 aliphatic heterocycles. The molecule has 1 aromatic carbocycles. The molecule has 3 nitrogen and oxygen atoms in total. The summed E-state index contributed by atoms with van der Waals surface area (Å²) < 4.78 is 0. The van der Waals surface area contributed by atoms with E-state index in [-0.39, 0.29) is 0 Å². The summed E-state index contributed by atoms with van der Waals surface area (Å²) in [5.41, 5.74) is 2.56. The molecule has 1 aliphatic rings. The molecule has 1 saturated carbocycles. The largest absolute Gasteiger partial charge is 0.389 e. The van der Waals surface area contributed by atoms with Crippen LogP contribution >= 0.6 is 0 Å². The first-order valence-electron chi connectivity index (χ1n) is 7.48. The lowest BCUT2D eigenvalue weighted by Crippen LogP contribution is -2.35. The van der Waals surface area contributed by atoms with Crippen LogP contribution in [0.2, 0.25) is 0 Å². The van der Waals surface area contributed by atoms with Gasteiger partial charge in [-0.3, -0.25) is 0 Å². The highest BCUT2D eigenvalue weighted by molar-refractivity contribution is 5.58. The highest BCUT2D eigenvalue weighted by Gasteiger charge is 2.24. The van der Waals surface area contributed by atoms with E-state index in [1.165, 1.54) is 25.7 Å². The fourth-order valence-corrected chi connectivity index (χ4v) is 3.10. The third-order valence-corrected chi connectivity index (χ3v) is 4.52. The number of benzene rings is 1. The van der Waals surface area contributed by atoms with Gasteiger partial charge in [0.05, 0.1) is 17.7 Å². The van der Waals surface area contributed by atoms with Gasteiger partial charge in [0.25, 0.3) is 0 Å². The van der Waals surface area contributed by atoms with Crippen molar-refractivity contribution in [2.75, 3.05) is 11.9 Å². The summed E-state index contributed by atoms with van der Waals surface area (Å²) in [7, 11) is 2.09. The number of nitriles is 1. The smallest absolute Gasteiger partial charge is 0.0992 e. The van der Waals surface area contributed by atoms with Crippen LogP contribution in [0.25, 0.3) is 0 Å². The fraction of sp³-hybridized carbons (Fsp3) is 0.588. The van der Waals surface area contributed by atoms with Crippen LogP contribution in [-0.2, 0) is 0 Å².